The summed E-state index contributed by atoms with van der Waals surface area (Å²) in [6.07, 6.45) is 13.0. The van der Waals surface area contributed by atoms with Crippen LogP contribution >= 0.6 is 0 Å². The third-order valence-corrected chi connectivity index (χ3v) is 9.53. The average molecular weight is 374 g/mol. The van der Waals surface area contributed by atoms with Crippen molar-refractivity contribution in [1.29, 1.82) is 0 Å². The molecule has 0 aromatic heterocycles. The Bertz CT molecular complexity index is 667. The summed E-state index contributed by atoms with van der Waals surface area (Å²) in [5.74, 6) is 2.41. The van der Waals surface area contributed by atoms with Crippen LogP contribution in [0.3, 0.4) is 0 Å². The first kappa shape index (κ1) is 18.2. The minimum atomic E-state index is -0.467. The van der Waals surface area contributed by atoms with Gasteiger partial charge < -0.3 is 14.7 Å². The van der Waals surface area contributed by atoms with Crippen LogP contribution in [0, 0.1) is 40.4 Å². The van der Waals surface area contributed by atoms with E-state index in [1.165, 1.54) is 32.1 Å². The lowest BCUT2D eigenvalue weighted by Gasteiger charge is -2.60. The minimum absolute atomic E-state index is 0.107. The van der Waals surface area contributed by atoms with E-state index in [-0.39, 0.29) is 10.8 Å². The third kappa shape index (κ3) is 2.38. The van der Waals surface area contributed by atoms with Crippen molar-refractivity contribution in [3.05, 3.63) is 12.2 Å². The molecule has 0 bridgehead atoms. The monoisotopic (exact) mass is 373 g/mol. The number of hydrogen-bond acceptors (Lipinski definition) is 4. The van der Waals surface area contributed by atoms with Crippen molar-refractivity contribution in [3.8, 4) is 0 Å². The first-order chi connectivity index (χ1) is 12.9. The molecule has 150 valence electrons. The largest absolute Gasteiger partial charge is 0.411 e. The Morgan fingerprint density at radius 1 is 1.00 bits per heavy atom. The van der Waals surface area contributed by atoms with E-state index in [0.29, 0.717) is 36.9 Å². The first-order valence-corrected chi connectivity index (χ1v) is 11.1. The second kappa shape index (κ2) is 6.06. The van der Waals surface area contributed by atoms with Gasteiger partial charge in [0.2, 0.25) is 0 Å². The Labute approximate surface area is 163 Å². The standard InChI is InChI=1S/C23H35NO3/c1-21-11-5-4-6-15(21)7-8-16-17-9-10-19(23(3)26-12-13-27-23)22(17,2)14-18(24-25)20(16)21/h4-5,15-17,19-20,25H,6-14H2,1-3H3/t15-,16+,17+,19+,20-,21+,22+/m1/s1. The Kier molecular flexibility index (Phi) is 4.08. The number of hydrogen-bond donors (Lipinski definition) is 1. The summed E-state index contributed by atoms with van der Waals surface area (Å²) in [6.45, 7) is 8.45. The van der Waals surface area contributed by atoms with Crippen LogP contribution in [-0.4, -0.2) is 29.9 Å². The predicted octanol–water partition coefficient (Wildman–Crippen LogP) is 5.01. The molecule has 1 N–H and O–H groups in total. The fourth-order valence-corrected chi connectivity index (χ4v) is 8.38. The summed E-state index contributed by atoms with van der Waals surface area (Å²) < 4.78 is 12.2. The number of allylic oxidation sites excluding steroid dienone is 2. The molecular formula is C23H35NO3. The molecule has 5 rings (SSSR count). The summed E-state index contributed by atoms with van der Waals surface area (Å²) in [4.78, 5) is 0. The summed E-state index contributed by atoms with van der Waals surface area (Å²) >= 11 is 0. The molecule has 4 fully saturated rings. The van der Waals surface area contributed by atoms with E-state index < -0.39 is 5.79 Å². The second-order valence-electron chi connectivity index (χ2n) is 10.6. The van der Waals surface area contributed by atoms with E-state index in [9.17, 15) is 5.21 Å². The molecule has 1 aliphatic heterocycles. The van der Waals surface area contributed by atoms with E-state index in [1.807, 2.05) is 0 Å². The van der Waals surface area contributed by atoms with E-state index in [2.05, 4.69) is 38.1 Å². The van der Waals surface area contributed by atoms with E-state index in [0.717, 1.165) is 24.5 Å². The zero-order chi connectivity index (χ0) is 18.9. The molecule has 0 unspecified atom stereocenters. The Balaban J connectivity index is 1.53. The van der Waals surface area contributed by atoms with Gasteiger partial charge in [0.15, 0.2) is 5.79 Å². The van der Waals surface area contributed by atoms with Gasteiger partial charge in [-0.2, -0.15) is 0 Å². The summed E-state index contributed by atoms with van der Waals surface area (Å²) in [5, 5.41) is 14.1. The zero-order valence-corrected chi connectivity index (χ0v) is 17.1. The Morgan fingerprint density at radius 2 is 1.78 bits per heavy atom. The third-order valence-electron chi connectivity index (χ3n) is 9.53. The quantitative estimate of drug-likeness (QED) is 0.399. The number of oxime groups is 1. The van der Waals surface area contributed by atoms with Crippen LogP contribution in [0.15, 0.2) is 17.3 Å². The van der Waals surface area contributed by atoms with E-state index in [1.54, 1.807) is 0 Å². The molecule has 0 radical (unpaired) electrons. The Morgan fingerprint density at radius 3 is 2.52 bits per heavy atom. The molecular weight excluding hydrogens is 338 g/mol. The van der Waals surface area contributed by atoms with Crippen molar-refractivity contribution in [1.82, 2.24) is 0 Å². The predicted molar refractivity (Wildman–Crippen MR) is 105 cm³/mol. The lowest BCUT2D eigenvalue weighted by Crippen LogP contribution is -2.58. The SMILES string of the molecule is CC1([C@H]2CC[C@H]3[C@@H]4CC[C@H]5CC=CC[C@]5(C)[C@H]4C(=NO)C[C@]23C)OCCO1. The van der Waals surface area contributed by atoms with Crippen LogP contribution in [0.4, 0.5) is 0 Å². The van der Waals surface area contributed by atoms with Crippen LogP contribution in [0.5, 0.6) is 0 Å². The molecule has 27 heavy (non-hydrogen) atoms. The van der Waals surface area contributed by atoms with Crippen LogP contribution < -0.4 is 0 Å². The van der Waals surface area contributed by atoms with E-state index >= 15 is 0 Å². The normalized spacial score (nSPS) is 52.4. The van der Waals surface area contributed by atoms with Gasteiger partial charge in [-0.3, -0.25) is 0 Å². The summed E-state index contributed by atoms with van der Waals surface area (Å²) in [5.41, 5.74) is 1.42. The van der Waals surface area contributed by atoms with Gasteiger partial charge in [-0.15, -0.1) is 0 Å². The maximum atomic E-state index is 10.1. The molecule has 7 atom stereocenters. The highest BCUT2D eigenvalue weighted by molar-refractivity contribution is 5.89. The fraction of sp³-hybridized carbons (Fsp3) is 0.870. The van der Waals surface area contributed by atoms with Crippen molar-refractivity contribution >= 4 is 5.71 Å². The smallest absolute Gasteiger partial charge is 0.169 e. The highest BCUT2D eigenvalue weighted by Crippen LogP contribution is 2.67. The van der Waals surface area contributed by atoms with Gasteiger partial charge in [-0.25, -0.2) is 0 Å². The molecule has 4 heteroatoms. The minimum Gasteiger partial charge on any atom is -0.411 e. The molecule has 1 heterocycles. The van der Waals surface area contributed by atoms with Crippen molar-refractivity contribution in [3.63, 3.8) is 0 Å². The number of rotatable bonds is 1. The highest BCUT2D eigenvalue weighted by atomic mass is 16.7. The van der Waals surface area contributed by atoms with Gasteiger partial charge >= 0.3 is 0 Å². The molecule has 4 nitrogen and oxygen atoms in total. The van der Waals surface area contributed by atoms with Crippen molar-refractivity contribution in [2.45, 2.75) is 71.5 Å². The van der Waals surface area contributed by atoms with Crippen molar-refractivity contribution in [2.75, 3.05) is 13.2 Å². The maximum absolute atomic E-state index is 10.1. The summed E-state index contributed by atoms with van der Waals surface area (Å²) in [6, 6.07) is 0. The molecule has 3 saturated carbocycles. The molecule has 0 spiro atoms. The second-order valence-corrected chi connectivity index (χ2v) is 10.6. The fourth-order valence-electron chi connectivity index (χ4n) is 8.38. The molecule has 0 amide bonds. The number of fused-ring (bicyclic) bond motifs is 5. The van der Waals surface area contributed by atoms with E-state index in [4.69, 9.17) is 9.47 Å². The van der Waals surface area contributed by atoms with Gasteiger partial charge in [0, 0.05) is 11.8 Å². The topological polar surface area (TPSA) is 51.1 Å². The molecule has 1 saturated heterocycles. The lowest BCUT2D eigenvalue weighted by atomic mass is 9.44. The van der Waals surface area contributed by atoms with Crippen LogP contribution in [0.1, 0.15) is 65.7 Å². The van der Waals surface area contributed by atoms with Gasteiger partial charge in [0.25, 0.3) is 0 Å². The summed E-state index contributed by atoms with van der Waals surface area (Å²) in [7, 11) is 0. The number of ether oxygens (including phenoxy) is 2. The lowest BCUT2D eigenvalue weighted by molar-refractivity contribution is -0.209. The van der Waals surface area contributed by atoms with Gasteiger partial charge in [-0.05, 0) is 80.5 Å². The van der Waals surface area contributed by atoms with Crippen LogP contribution in [0.2, 0.25) is 0 Å². The number of nitrogens with zero attached hydrogens (tertiary/aromatic N) is 1. The van der Waals surface area contributed by atoms with Crippen LogP contribution in [0.25, 0.3) is 0 Å². The maximum Gasteiger partial charge on any atom is 0.169 e. The van der Waals surface area contributed by atoms with Crippen molar-refractivity contribution in [2.24, 2.45) is 45.6 Å². The van der Waals surface area contributed by atoms with Crippen LogP contribution in [-0.2, 0) is 9.47 Å². The highest BCUT2D eigenvalue weighted by Gasteiger charge is 2.65. The molecule has 0 aromatic carbocycles. The Hall–Kier alpha value is -0.870. The van der Waals surface area contributed by atoms with Gasteiger partial charge in [0.05, 0.1) is 18.9 Å². The average Bonchev–Trinajstić information content (AvgIpc) is 3.24. The van der Waals surface area contributed by atoms with Crippen molar-refractivity contribution < 1.29 is 14.7 Å². The molecule has 0 aromatic rings. The zero-order valence-electron chi connectivity index (χ0n) is 17.1. The van der Waals surface area contributed by atoms with Gasteiger partial charge in [0.1, 0.15) is 0 Å². The first-order valence-electron chi connectivity index (χ1n) is 11.1. The molecule has 4 aliphatic carbocycles. The molecule has 5 aliphatic rings. The van der Waals surface area contributed by atoms with Gasteiger partial charge in [-0.1, -0.05) is 31.2 Å².